The molecule has 0 heterocycles. The van der Waals surface area contributed by atoms with E-state index >= 15 is 0 Å². The van der Waals surface area contributed by atoms with Crippen LogP contribution in [-0.2, 0) is 6.54 Å². The maximum Gasteiger partial charge on any atom is 0.401 e. The van der Waals surface area contributed by atoms with Crippen molar-refractivity contribution in [2.45, 2.75) is 12.7 Å². The fourth-order valence-electron chi connectivity index (χ4n) is 1.44. The highest BCUT2D eigenvalue weighted by atomic mass is 79.9. The average molecular weight is 331 g/mol. The van der Waals surface area contributed by atoms with Gasteiger partial charge in [0, 0.05) is 23.4 Å². The summed E-state index contributed by atoms with van der Waals surface area (Å²) in [5.74, 6) is 0. The quantitative estimate of drug-likeness (QED) is 0.735. The largest absolute Gasteiger partial charge is 0.401 e. The zero-order chi connectivity index (χ0) is 12.9. The first kappa shape index (κ1) is 14.8. The Labute approximate surface area is 112 Å². The number of rotatable bonds is 5. The molecule has 0 bridgehead atoms. The summed E-state index contributed by atoms with van der Waals surface area (Å²) in [4.78, 5) is 1.35. The van der Waals surface area contributed by atoms with Gasteiger partial charge < -0.3 is 0 Å². The van der Waals surface area contributed by atoms with Crippen LogP contribution in [0.25, 0.3) is 0 Å². The lowest BCUT2D eigenvalue weighted by molar-refractivity contribution is -0.146. The van der Waals surface area contributed by atoms with Crippen molar-refractivity contribution >= 4 is 27.5 Å². The van der Waals surface area contributed by atoms with Crippen molar-refractivity contribution in [3.8, 4) is 0 Å². The smallest absolute Gasteiger partial charge is 0.290 e. The summed E-state index contributed by atoms with van der Waals surface area (Å²) < 4.78 is 37.0. The number of halogens is 5. The summed E-state index contributed by atoms with van der Waals surface area (Å²) in [6.07, 6.45) is -4.17. The van der Waals surface area contributed by atoms with Gasteiger partial charge in [-0.15, -0.1) is 0 Å². The van der Waals surface area contributed by atoms with Crippen LogP contribution in [-0.4, -0.2) is 29.5 Å². The lowest BCUT2D eigenvalue weighted by atomic mass is 10.2. The van der Waals surface area contributed by atoms with Crippen LogP contribution < -0.4 is 0 Å². The maximum atomic E-state index is 12.3. The van der Waals surface area contributed by atoms with E-state index in [2.05, 4.69) is 15.9 Å². The molecular formula is C11H12BrClF3N. The van der Waals surface area contributed by atoms with E-state index in [-0.39, 0.29) is 6.54 Å². The molecule has 0 fully saturated rings. The molecule has 0 amide bonds. The van der Waals surface area contributed by atoms with Crippen LogP contribution in [0.3, 0.4) is 0 Å². The minimum Gasteiger partial charge on any atom is -0.290 e. The van der Waals surface area contributed by atoms with Gasteiger partial charge in [0.15, 0.2) is 0 Å². The second-order valence-corrected chi connectivity index (χ2v) is 4.87. The van der Waals surface area contributed by atoms with Crippen molar-refractivity contribution in [3.63, 3.8) is 0 Å². The van der Waals surface area contributed by atoms with Crippen LogP contribution >= 0.6 is 27.5 Å². The number of hydrogen-bond acceptors (Lipinski definition) is 1. The molecule has 96 valence electrons. The standard InChI is InChI=1S/C11H12BrClF3N/c12-5-6-17(8-11(14,15)16)7-9-1-3-10(13)4-2-9/h1-4H,5-8H2. The van der Waals surface area contributed by atoms with Gasteiger partial charge in [-0.3, -0.25) is 4.90 Å². The minimum absolute atomic E-state index is 0.266. The van der Waals surface area contributed by atoms with Crippen molar-refractivity contribution < 1.29 is 13.2 Å². The molecule has 0 radical (unpaired) electrons. The molecule has 1 aromatic rings. The second kappa shape index (κ2) is 6.61. The number of nitrogens with zero attached hydrogens (tertiary/aromatic N) is 1. The van der Waals surface area contributed by atoms with Crippen molar-refractivity contribution in [1.29, 1.82) is 0 Å². The molecule has 0 aromatic heterocycles. The molecule has 0 aliphatic carbocycles. The first-order valence-electron chi connectivity index (χ1n) is 5.00. The number of hydrogen-bond donors (Lipinski definition) is 0. The topological polar surface area (TPSA) is 3.24 Å². The average Bonchev–Trinajstić information content (AvgIpc) is 2.19. The van der Waals surface area contributed by atoms with Crippen LogP contribution in [0, 0.1) is 0 Å². The highest BCUT2D eigenvalue weighted by Gasteiger charge is 2.30. The van der Waals surface area contributed by atoms with E-state index in [9.17, 15) is 13.2 Å². The first-order valence-corrected chi connectivity index (χ1v) is 6.50. The maximum absolute atomic E-state index is 12.3. The molecule has 1 rings (SSSR count). The summed E-state index contributed by atoms with van der Waals surface area (Å²) in [5.41, 5.74) is 0.819. The second-order valence-electron chi connectivity index (χ2n) is 3.64. The first-order chi connectivity index (χ1) is 7.90. The fourth-order valence-corrected chi connectivity index (χ4v) is 2.06. The summed E-state index contributed by atoms with van der Waals surface area (Å²) in [7, 11) is 0. The van der Waals surface area contributed by atoms with Crippen molar-refractivity contribution in [1.82, 2.24) is 4.90 Å². The predicted octanol–water partition coefficient (Wildman–Crippen LogP) is 4.10. The fraction of sp³-hybridized carbons (Fsp3) is 0.455. The number of benzene rings is 1. The Morgan fingerprint density at radius 3 is 2.24 bits per heavy atom. The van der Waals surface area contributed by atoms with Crippen molar-refractivity contribution in [3.05, 3.63) is 34.9 Å². The van der Waals surface area contributed by atoms with Gasteiger partial charge in [0.05, 0.1) is 6.54 Å². The van der Waals surface area contributed by atoms with E-state index in [0.29, 0.717) is 16.9 Å². The third-order valence-corrected chi connectivity index (χ3v) is 2.73. The Morgan fingerprint density at radius 2 is 1.76 bits per heavy atom. The Morgan fingerprint density at radius 1 is 1.18 bits per heavy atom. The third-order valence-electron chi connectivity index (χ3n) is 2.12. The van der Waals surface area contributed by atoms with Crippen LogP contribution in [0.2, 0.25) is 5.02 Å². The SMILES string of the molecule is FC(F)(F)CN(CCBr)Cc1ccc(Cl)cc1. The monoisotopic (exact) mass is 329 g/mol. The molecule has 0 saturated carbocycles. The van der Waals surface area contributed by atoms with E-state index in [1.54, 1.807) is 24.3 Å². The molecular weight excluding hydrogens is 318 g/mol. The Balaban J connectivity index is 2.63. The van der Waals surface area contributed by atoms with Crippen molar-refractivity contribution in [2.24, 2.45) is 0 Å². The molecule has 1 nitrogen and oxygen atoms in total. The van der Waals surface area contributed by atoms with E-state index in [4.69, 9.17) is 11.6 Å². The van der Waals surface area contributed by atoms with Gasteiger partial charge in [-0.2, -0.15) is 13.2 Å². The van der Waals surface area contributed by atoms with Crippen LogP contribution in [0.1, 0.15) is 5.56 Å². The highest BCUT2D eigenvalue weighted by Crippen LogP contribution is 2.19. The normalized spacial score (nSPS) is 12.1. The lowest BCUT2D eigenvalue weighted by Crippen LogP contribution is -2.35. The Hall–Kier alpha value is -0.260. The molecule has 0 spiro atoms. The van der Waals surface area contributed by atoms with E-state index < -0.39 is 12.7 Å². The molecule has 0 aliphatic heterocycles. The van der Waals surface area contributed by atoms with Gasteiger partial charge in [0.2, 0.25) is 0 Å². The molecule has 0 atom stereocenters. The molecule has 0 aliphatic rings. The molecule has 0 N–H and O–H groups in total. The third kappa shape index (κ3) is 6.29. The van der Waals surface area contributed by atoms with Gasteiger partial charge in [-0.05, 0) is 17.7 Å². The lowest BCUT2D eigenvalue weighted by Gasteiger charge is -2.22. The van der Waals surface area contributed by atoms with Gasteiger partial charge >= 0.3 is 6.18 Å². The van der Waals surface area contributed by atoms with Crippen LogP contribution in [0.5, 0.6) is 0 Å². The van der Waals surface area contributed by atoms with Crippen LogP contribution in [0.4, 0.5) is 13.2 Å². The summed E-state index contributed by atoms with van der Waals surface area (Å²) >= 11 is 8.87. The minimum atomic E-state index is -4.17. The predicted molar refractivity (Wildman–Crippen MR) is 66.6 cm³/mol. The Kier molecular flexibility index (Phi) is 5.76. The molecule has 0 unspecified atom stereocenters. The van der Waals surface area contributed by atoms with Gasteiger partial charge in [-0.1, -0.05) is 39.7 Å². The number of alkyl halides is 4. The van der Waals surface area contributed by atoms with E-state index in [1.165, 1.54) is 4.90 Å². The van der Waals surface area contributed by atoms with Crippen LogP contribution in [0.15, 0.2) is 24.3 Å². The zero-order valence-corrected chi connectivity index (χ0v) is 11.3. The highest BCUT2D eigenvalue weighted by molar-refractivity contribution is 9.09. The summed E-state index contributed by atoms with van der Waals surface area (Å²) in [5, 5.41) is 1.09. The molecule has 1 aromatic carbocycles. The van der Waals surface area contributed by atoms with Crippen molar-refractivity contribution in [2.75, 3.05) is 18.4 Å². The molecule has 6 heteroatoms. The van der Waals surface area contributed by atoms with E-state index in [1.807, 2.05) is 0 Å². The molecule has 17 heavy (non-hydrogen) atoms. The Bertz CT molecular complexity index is 340. The van der Waals surface area contributed by atoms with Gasteiger partial charge in [-0.25, -0.2) is 0 Å². The summed E-state index contributed by atoms with van der Waals surface area (Å²) in [6.45, 7) is -0.286. The van der Waals surface area contributed by atoms with E-state index in [0.717, 1.165) is 5.56 Å². The van der Waals surface area contributed by atoms with Gasteiger partial charge in [0.25, 0.3) is 0 Å². The molecule has 0 saturated heterocycles. The van der Waals surface area contributed by atoms with Gasteiger partial charge in [0.1, 0.15) is 0 Å². The summed E-state index contributed by atoms with van der Waals surface area (Å²) in [6, 6.07) is 6.83. The zero-order valence-electron chi connectivity index (χ0n) is 8.97.